The molecule has 0 aliphatic carbocycles. The first-order chi connectivity index (χ1) is 8.24. The molecule has 2 rings (SSSR count). The zero-order valence-corrected chi connectivity index (χ0v) is 12.2. The average Bonchev–Trinajstić information content (AvgIpc) is 2.30. The summed E-state index contributed by atoms with van der Waals surface area (Å²) in [5.74, 6) is -0.0169. The SMILES string of the molecule is Cl.O=C(CC1CNCCO1)Nc1cccc(Br)c1. The highest BCUT2D eigenvalue weighted by molar-refractivity contribution is 9.10. The Morgan fingerprint density at radius 1 is 1.56 bits per heavy atom. The van der Waals surface area contributed by atoms with Crippen LogP contribution in [0.1, 0.15) is 6.42 Å². The highest BCUT2D eigenvalue weighted by Gasteiger charge is 2.17. The van der Waals surface area contributed by atoms with Crippen molar-refractivity contribution in [1.82, 2.24) is 5.32 Å². The lowest BCUT2D eigenvalue weighted by atomic mass is 10.2. The molecule has 1 aliphatic rings. The van der Waals surface area contributed by atoms with Gasteiger partial charge in [-0.2, -0.15) is 0 Å². The Hall–Kier alpha value is -0.620. The molecule has 0 saturated carbocycles. The molecular formula is C12H16BrClN2O2. The Morgan fingerprint density at radius 2 is 2.39 bits per heavy atom. The average molecular weight is 336 g/mol. The number of nitrogens with one attached hydrogen (secondary N) is 2. The van der Waals surface area contributed by atoms with E-state index in [9.17, 15) is 4.79 Å². The van der Waals surface area contributed by atoms with Crippen molar-refractivity contribution in [2.24, 2.45) is 0 Å². The fourth-order valence-corrected chi connectivity index (χ4v) is 2.14. The van der Waals surface area contributed by atoms with E-state index in [1.807, 2.05) is 24.3 Å². The molecule has 1 fully saturated rings. The molecule has 2 N–H and O–H groups in total. The predicted molar refractivity (Wildman–Crippen MR) is 77.2 cm³/mol. The maximum absolute atomic E-state index is 11.8. The molecule has 4 nitrogen and oxygen atoms in total. The van der Waals surface area contributed by atoms with Crippen molar-refractivity contribution in [1.29, 1.82) is 0 Å². The number of halogens is 2. The van der Waals surface area contributed by atoms with Crippen molar-refractivity contribution in [3.63, 3.8) is 0 Å². The number of anilines is 1. The second kappa shape index (κ2) is 7.74. The zero-order valence-electron chi connectivity index (χ0n) is 9.82. The summed E-state index contributed by atoms with van der Waals surface area (Å²) in [6, 6.07) is 7.54. The molecule has 0 radical (unpaired) electrons. The van der Waals surface area contributed by atoms with Gasteiger partial charge in [0, 0.05) is 23.2 Å². The fraction of sp³-hybridized carbons (Fsp3) is 0.417. The Balaban J connectivity index is 0.00000162. The van der Waals surface area contributed by atoms with Crippen molar-refractivity contribution >= 4 is 39.9 Å². The van der Waals surface area contributed by atoms with Gasteiger partial charge in [-0.05, 0) is 18.2 Å². The Labute approximate surface area is 121 Å². The summed E-state index contributed by atoms with van der Waals surface area (Å²) >= 11 is 3.36. The van der Waals surface area contributed by atoms with E-state index in [0.29, 0.717) is 13.0 Å². The van der Waals surface area contributed by atoms with Gasteiger partial charge in [-0.25, -0.2) is 0 Å². The molecule has 1 aliphatic heterocycles. The molecule has 1 heterocycles. The summed E-state index contributed by atoms with van der Waals surface area (Å²) in [5, 5.41) is 6.05. The summed E-state index contributed by atoms with van der Waals surface area (Å²) in [4.78, 5) is 11.8. The molecule has 1 aromatic carbocycles. The Bertz CT molecular complexity index is 397. The first-order valence-corrected chi connectivity index (χ1v) is 6.41. The van der Waals surface area contributed by atoms with E-state index < -0.39 is 0 Å². The number of rotatable bonds is 3. The van der Waals surface area contributed by atoms with Gasteiger partial charge < -0.3 is 15.4 Å². The van der Waals surface area contributed by atoms with Crippen LogP contribution < -0.4 is 10.6 Å². The molecular weight excluding hydrogens is 320 g/mol. The zero-order chi connectivity index (χ0) is 12.1. The number of morpholine rings is 1. The molecule has 1 atom stereocenters. The molecule has 18 heavy (non-hydrogen) atoms. The largest absolute Gasteiger partial charge is 0.375 e. The minimum absolute atomic E-state index is 0. The van der Waals surface area contributed by atoms with Crippen molar-refractivity contribution in [2.75, 3.05) is 25.0 Å². The molecule has 0 bridgehead atoms. The molecule has 100 valence electrons. The minimum atomic E-state index is -0.0177. The lowest BCUT2D eigenvalue weighted by molar-refractivity contribution is -0.119. The maximum Gasteiger partial charge on any atom is 0.227 e. The topological polar surface area (TPSA) is 50.4 Å². The number of benzene rings is 1. The van der Waals surface area contributed by atoms with Crippen LogP contribution in [0.4, 0.5) is 5.69 Å². The Morgan fingerprint density at radius 3 is 3.06 bits per heavy atom. The molecule has 1 unspecified atom stereocenters. The van der Waals surface area contributed by atoms with E-state index in [1.54, 1.807) is 0 Å². The van der Waals surface area contributed by atoms with Gasteiger partial charge in [0.2, 0.25) is 5.91 Å². The van der Waals surface area contributed by atoms with Crippen molar-refractivity contribution in [3.8, 4) is 0 Å². The van der Waals surface area contributed by atoms with Crippen LogP contribution in [0.5, 0.6) is 0 Å². The van der Waals surface area contributed by atoms with Gasteiger partial charge in [0.05, 0.1) is 19.1 Å². The number of carbonyl (C=O) groups excluding carboxylic acids is 1. The van der Waals surface area contributed by atoms with Crippen molar-refractivity contribution in [2.45, 2.75) is 12.5 Å². The van der Waals surface area contributed by atoms with Gasteiger partial charge in [0.25, 0.3) is 0 Å². The van der Waals surface area contributed by atoms with Crippen molar-refractivity contribution < 1.29 is 9.53 Å². The normalized spacial score (nSPS) is 18.8. The molecule has 1 amide bonds. The van der Waals surface area contributed by atoms with Crippen LogP contribution in [-0.2, 0) is 9.53 Å². The van der Waals surface area contributed by atoms with E-state index >= 15 is 0 Å². The smallest absolute Gasteiger partial charge is 0.227 e. The van der Waals surface area contributed by atoms with Crippen molar-refractivity contribution in [3.05, 3.63) is 28.7 Å². The van der Waals surface area contributed by atoms with Gasteiger partial charge in [0.15, 0.2) is 0 Å². The van der Waals surface area contributed by atoms with Crippen LogP contribution in [0.15, 0.2) is 28.7 Å². The van der Waals surface area contributed by atoms with Crippen LogP contribution in [0.2, 0.25) is 0 Å². The van der Waals surface area contributed by atoms with Gasteiger partial charge in [-0.1, -0.05) is 22.0 Å². The van der Waals surface area contributed by atoms with Crippen LogP contribution >= 0.6 is 28.3 Å². The van der Waals surface area contributed by atoms with E-state index in [-0.39, 0.29) is 24.4 Å². The summed E-state index contributed by atoms with van der Waals surface area (Å²) in [6.45, 7) is 2.28. The lowest BCUT2D eigenvalue weighted by Crippen LogP contribution is -2.40. The molecule has 0 aromatic heterocycles. The second-order valence-electron chi connectivity index (χ2n) is 3.96. The minimum Gasteiger partial charge on any atom is -0.375 e. The Kier molecular flexibility index (Phi) is 6.63. The fourth-order valence-electron chi connectivity index (χ4n) is 1.74. The summed E-state index contributed by atoms with van der Waals surface area (Å²) in [6.07, 6.45) is 0.371. The van der Waals surface area contributed by atoms with Gasteiger partial charge in [-0.15, -0.1) is 12.4 Å². The van der Waals surface area contributed by atoms with Gasteiger partial charge in [-0.3, -0.25) is 4.79 Å². The monoisotopic (exact) mass is 334 g/mol. The quantitative estimate of drug-likeness (QED) is 0.890. The molecule has 1 aromatic rings. The first-order valence-electron chi connectivity index (χ1n) is 5.62. The number of carbonyl (C=O) groups is 1. The summed E-state index contributed by atoms with van der Waals surface area (Å²) in [5.41, 5.74) is 0.799. The van der Waals surface area contributed by atoms with E-state index in [1.165, 1.54) is 0 Å². The number of ether oxygens (including phenoxy) is 1. The highest BCUT2D eigenvalue weighted by Crippen LogP contribution is 2.16. The number of hydrogen-bond acceptors (Lipinski definition) is 3. The van der Waals surface area contributed by atoms with Crippen LogP contribution in [0.3, 0.4) is 0 Å². The van der Waals surface area contributed by atoms with Crippen LogP contribution in [-0.4, -0.2) is 31.7 Å². The summed E-state index contributed by atoms with van der Waals surface area (Å²) in [7, 11) is 0. The van der Waals surface area contributed by atoms with E-state index in [0.717, 1.165) is 23.2 Å². The van der Waals surface area contributed by atoms with Crippen LogP contribution in [0, 0.1) is 0 Å². The van der Waals surface area contributed by atoms with Gasteiger partial charge in [0.1, 0.15) is 0 Å². The number of hydrogen-bond donors (Lipinski definition) is 2. The highest BCUT2D eigenvalue weighted by atomic mass is 79.9. The lowest BCUT2D eigenvalue weighted by Gasteiger charge is -2.23. The van der Waals surface area contributed by atoms with E-state index in [4.69, 9.17) is 4.74 Å². The predicted octanol–water partition coefficient (Wildman–Crippen LogP) is 2.19. The van der Waals surface area contributed by atoms with Gasteiger partial charge >= 0.3 is 0 Å². The number of amides is 1. The second-order valence-corrected chi connectivity index (χ2v) is 4.88. The van der Waals surface area contributed by atoms with Crippen LogP contribution in [0.25, 0.3) is 0 Å². The first kappa shape index (κ1) is 15.4. The third kappa shape index (κ3) is 4.94. The third-order valence-electron chi connectivity index (χ3n) is 2.53. The summed E-state index contributed by atoms with van der Waals surface area (Å²) < 4.78 is 6.43. The molecule has 6 heteroatoms. The molecule has 0 spiro atoms. The standard InChI is InChI=1S/C12H15BrN2O2.ClH/c13-9-2-1-3-10(6-9)15-12(16)7-11-8-14-4-5-17-11;/h1-3,6,11,14H,4-5,7-8H2,(H,15,16);1H. The third-order valence-corrected chi connectivity index (χ3v) is 3.02. The molecule has 1 saturated heterocycles. The van der Waals surface area contributed by atoms with E-state index in [2.05, 4.69) is 26.6 Å². The maximum atomic E-state index is 11.8.